The predicted octanol–water partition coefficient (Wildman–Crippen LogP) is 1.55. The Labute approximate surface area is 158 Å². The van der Waals surface area contributed by atoms with Gasteiger partial charge in [0, 0.05) is 24.4 Å². The van der Waals surface area contributed by atoms with Crippen LogP contribution in [0, 0.1) is 28.4 Å². The summed E-state index contributed by atoms with van der Waals surface area (Å²) in [6.45, 7) is 1.63. The highest BCUT2D eigenvalue weighted by atomic mass is 16.7. The fourth-order valence-electron chi connectivity index (χ4n) is 3.39. The Kier molecular flexibility index (Phi) is 3.74. The van der Waals surface area contributed by atoms with Gasteiger partial charge in [-0.2, -0.15) is 5.26 Å². The summed E-state index contributed by atoms with van der Waals surface area (Å²) in [5.74, 6) is -0.625. The zero-order chi connectivity index (χ0) is 20.2. The zero-order valence-electron chi connectivity index (χ0n) is 14.9. The van der Waals surface area contributed by atoms with Gasteiger partial charge in [0.1, 0.15) is 17.4 Å². The Morgan fingerprint density at radius 2 is 1.96 bits per heavy atom. The highest BCUT2D eigenvalue weighted by Gasteiger charge is 2.39. The summed E-state index contributed by atoms with van der Waals surface area (Å²) in [6, 6.07) is 6.15. The van der Waals surface area contributed by atoms with Crippen LogP contribution in [0.1, 0.15) is 22.7 Å². The van der Waals surface area contributed by atoms with Crippen molar-refractivity contribution in [3.63, 3.8) is 0 Å². The quantitative estimate of drug-likeness (QED) is 0.609. The van der Waals surface area contributed by atoms with E-state index in [0.29, 0.717) is 5.69 Å². The molecule has 142 valence electrons. The van der Waals surface area contributed by atoms with Gasteiger partial charge in [0.25, 0.3) is 11.2 Å². The van der Waals surface area contributed by atoms with Gasteiger partial charge in [0.2, 0.25) is 12.7 Å². The second-order valence-corrected chi connectivity index (χ2v) is 6.37. The molecule has 0 radical (unpaired) electrons. The standard InChI is InChI=1S/C18H14N4O6/c1-8-3-14-16(18(23)21(8)2)15(10(6-19)17(20)28-14)9-4-12-13(27-7-26-12)5-11(9)22(24)25/h3-5,15H,7,20H2,1-2H3. The number of hydrogen-bond donors (Lipinski definition) is 1. The van der Waals surface area contributed by atoms with Gasteiger partial charge in [-0.15, -0.1) is 0 Å². The molecule has 0 aliphatic carbocycles. The molecular formula is C18H14N4O6. The zero-order valence-corrected chi connectivity index (χ0v) is 14.9. The van der Waals surface area contributed by atoms with Crippen LogP contribution >= 0.6 is 0 Å². The van der Waals surface area contributed by atoms with Crippen LogP contribution in [0.2, 0.25) is 0 Å². The topological polar surface area (TPSA) is 143 Å². The molecule has 2 aromatic rings. The number of hydrogen-bond acceptors (Lipinski definition) is 8. The second kappa shape index (κ2) is 6.02. The smallest absolute Gasteiger partial charge is 0.277 e. The first kappa shape index (κ1) is 17.4. The summed E-state index contributed by atoms with van der Waals surface area (Å²) in [4.78, 5) is 24.1. The molecule has 0 saturated carbocycles. The van der Waals surface area contributed by atoms with Gasteiger partial charge >= 0.3 is 0 Å². The molecule has 1 aromatic heterocycles. The molecule has 0 amide bonds. The number of benzene rings is 1. The Bertz CT molecular complexity index is 1170. The maximum absolute atomic E-state index is 13.0. The Morgan fingerprint density at radius 1 is 1.29 bits per heavy atom. The number of nitro groups is 1. The monoisotopic (exact) mass is 382 g/mol. The lowest BCUT2D eigenvalue weighted by Gasteiger charge is -2.26. The Balaban J connectivity index is 2.08. The van der Waals surface area contributed by atoms with Crippen molar-refractivity contribution in [3.8, 4) is 23.3 Å². The fraction of sp³-hybridized carbons (Fsp3) is 0.222. The van der Waals surface area contributed by atoms with E-state index >= 15 is 0 Å². The average molecular weight is 382 g/mol. The van der Waals surface area contributed by atoms with Crippen LogP contribution in [0.25, 0.3) is 0 Å². The van der Waals surface area contributed by atoms with E-state index in [2.05, 4.69) is 0 Å². The minimum Gasteiger partial charge on any atom is -0.454 e. The SMILES string of the molecule is Cc1cc2c(c(=O)n1C)C(c1cc3c(cc1[N+](=O)[O-])OCO3)C(C#N)=C(N)O2. The molecule has 0 bridgehead atoms. The van der Waals surface area contributed by atoms with E-state index in [-0.39, 0.29) is 52.3 Å². The van der Waals surface area contributed by atoms with Crippen LogP contribution in [-0.4, -0.2) is 16.3 Å². The van der Waals surface area contributed by atoms with E-state index in [1.54, 1.807) is 20.0 Å². The Morgan fingerprint density at radius 3 is 2.61 bits per heavy atom. The molecule has 10 nitrogen and oxygen atoms in total. The van der Waals surface area contributed by atoms with E-state index in [1.807, 2.05) is 6.07 Å². The van der Waals surface area contributed by atoms with E-state index < -0.39 is 16.4 Å². The molecule has 1 atom stereocenters. The number of aromatic nitrogens is 1. The fourth-order valence-corrected chi connectivity index (χ4v) is 3.39. The minimum atomic E-state index is -1.08. The minimum absolute atomic E-state index is 0.0790. The first-order valence-electron chi connectivity index (χ1n) is 8.19. The van der Waals surface area contributed by atoms with E-state index in [4.69, 9.17) is 19.9 Å². The summed E-state index contributed by atoms with van der Waals surface area (Å²) in [6.07, 6.45) is 0. The van der Waals surface area contributed by atoms with E-state index in [9.17, 15) is 20.2 Å². The molecule has 2 N–H and O–H groups in total. The first-order valence-corrected chi connectivity index (χ1v) is 8.19. The summed E-state index contributed by atoms with van der Waals surface area (Å²) in [5.41, 5.74) is 5.87. The van der Waals surface area contributed by atoms with Crippen molar-refractivity contribution in [2.45, 2.75) is 12.8 Å². The maximum Gasteiger partial charge on any atom is 0.277 e. The normalized spacial score (nSPS) is 17.0. The molecule has 0 fully saturated rings. The van der Waals surface area contributed by atoms with Gasteiger partial charge in [-0.25, -0.2) is 0 Å². The van der Waals surface area contributed by atoms with Crippen LogP contribution in [0.4, 0.5) is 5.69 Å². The number of nitrogens with two attached hydrogens (primary N) is 1. The van der Waals surface area contributed by atoms with Crippen LogP contribution in [0.15, 0.2) is 34.4 Å². The molecule has 2 aliphatic rings. The molecule has 2 aliphatic heterocycles. The van der Waals surface area contributed by atoms with Crippen molar-refractivity contribution in [2.75, 3.05) is 6.79 Å². The lowest BCUT2D eigenvalue weighted by Crippen LogP contribution is -2.31. The largest absolute Gasteiger partial charge is 0.454 e. The predicted molar refractivity (Wildman–Crippen MR) is 94.9 cm³/mol. The van der Waals surface area contributed by atoms with E-state index in [1.165, 1.54) is 16.7 Å². The summed E-state index contributed by atoms with van der Waals surface area (Å²) < 4.78 is 17.4. The number of fused-ring (bicyclic) bond motifs is 2. The Hall–Kier alpha value is -4.00. The highest BCUT2D eigenvalue weighted by molar-refractivity contribution is 5.64. The van der Waals surface area contributed by atoms with Gasteiger partial charge in [0.15, 0.2) is 11.5 Å². The number of nitro benzene ring substituents is 1. The van der Waals surface area contributed by atoms with Crippen LogP contribution in [0.3, 0.4) is 0 Å². The third-order valence-corrected chi connectivity index (χ3v) is 4.88. The molecule has 0 spiro atoms. The third-order valence-electron chi connectivity index (χ3n) is 4.88. The van der Waals surface area contributed by atoms with Crippen LogP contribution in [-0.2, 0) is 7.05 Å². The lowest BCUT2D eigenvalue weighted by atomic mass is 9.83. The van der Waals surface area contributed by atoms with Gasteiger partial charge in [-0.3, -0.25) is 14.9 Å². The molecule has 10 heteroatoms. The van der Waals surface area contributed by atoms with Gasteiger partial charge in [0.05, 0.1) is 22.5 Å². The third kappa shape index (κ3) is 2.37. The average Bonchev–Trinajstić information content (AvgIpc) is 3.11. The number of ether oxygens (including phenoxy) is 3. The lowest BCUT2D eigenvalue weighted by molar-refractivity contribution is -0.385. The molecule has 1 aromatic carbocycles. The molecule has 4 rings (SSSR count). The summed E-state index contributed by atoms with van der Waals surface area (Å²) in [7, 11) is 1.57. The number of rotatable bonds is 2. The van der Waals surface area contributed by atoms with E-state index in [0.717, 1.165) is 0 Å². The van der Waals surface area contributed by atoms with Crippen molar-refractivity contribution in [3.05, 3.63) is 66.9 Å². The number of aryl methyl sites for hydroxylation is 1. The highest BCUT2D eigenvalue weighted by Crippen LogP contribution is 2.47. The van der Waals surface area contributed by atoms with Crippen molar-refractivity contribution >= 4 is 5.69 Å². The number of allylic oxidation sites excluding steroid dienone is 1. The van der Waals surface area contributed by atoms with Crippen molar-refractivity contribution in [1.29, 1.82) is 5.26 Å². The van der Waals surface area contributed by atoms with Gasteiger partial charge in [-0.05, 0) is 13.0 Å². The van der Waals surface area contributed by atoms with Gasteiger partial charge < -0.3 is 24.5 Å². The van der Waals surface area contributed by atoms with Crippen LogP contribution in [0.5, 0.6) is 17.2 Å². The van der Waals surface area contributed by atoms with Crippen molar-refractivity contribution in [1.82, 2.24) is 4.57 Å². The second-order valence-electron chi connectivity index (χ2n) is 6.37. The van der Waals surface area contributed by atoms with Gasteiger partial charge in [-0.1, -0.05) is 0 Å². The molecule has 3 heterocycles. The molecular weight excluding hydrogens is 368 g/mol. The van der Waals surface area contributed by atoms with Crippen LogP contribution < -0.4 is 25.5 Å². The molecule has 0 saturated heterocycles. The summed E-state index contributed by atoms with van der Waals surface area (Å²) >= 11 is 0. The number of nitriles is 1. The van der Waals surface area contributed by atoms with Crippen molar-refractivity contribution in [2.24, 2.45) is 12.8 Å². The number of pyridine rings is 1. The molecule has 1 unspecified atom stereocenters. The first-order chi connectivity index (χ1) is 13.3. The summed E-state index contributed by atoms with van der Waals surface area (Å²) in [5, 5.41) is 21.4. The maximum atomic E-state index is 13.0. The number of nitrogens with zero attached hydrogens (tertiary/aromatic N) is 3. The van der Waals surface area contributed by atoms with Crippen molar-refractivity contribution < 1.29 is 19.1 Å². The molecule has 28 heavy (non-hydrogen) atoms.